The molecule has 0 atom stereocenters. The monoisotopic (exact) mass is 286 g/mol. The first-order valence-electron chi connectivity index (χ1n) is 7.74. The number of carbonyl (C=O) groups is 1. The molecule has 1 amide bonds. The van der Waals surface area contributed by atoms with E-state index in [1.54, 1.807) is 0 Å². The van der Waals surface area contributed by atoms with Crippen LogP contribution >= 0.6 is 0 Å². The normalized spacial score (nSPS) is 14.1. The minimum atomic E-state index is -0.0620. The highest BCUT2D eigenvalue weighted by atomic mass is 16.5. The topological polar surface area (TPSA) is 54.1 Å². The van der Waals surface area contributed by atoms with Crippen LogP contribution in [0.25, 0.3) is 10.9 Å². The second-order valence-electron chi connectivity index (χ2n) is 5.58. The van der Waals surface area contributed by atoms with Crippen LogP contribution in [0.15, 0.2) is 18.2 Å². The first kappa shape index (κ1) is 14.1. The molecule has 0 saturated heterocycles. The van der Waals surface area contributed by atoms with Gasteiger partial charge in [-0.3, -0.25) is 4.79 Å². The summed E-state index contributed by atoms with van der Waals surface area (Å²) in [5, 5.41) is 4.22. The molecular weight excluding hydrogens is 264 g/mol. The summed E-state index contributed by atoms with van der Waals surface area (Å²) in [4.78, 5) is 15.1. The molecule has 0 bridgehead atoms. The maximum Gasteiger partial charge on any atom is 0.246 e. The molecule has 2 aromatic rings. The Morgan fingerprint density at radius 3 is 3.05 bits per heavy atom. The largest absolute Gasteiger partial charge is 0.372 e. The maximum absolute atomic E-state index is 11.6. The van der Waals surface area contributed by atoms with Gasteiger partial charge in [0.2, 0.25) is 5.91 Å². The van der Waals surface area contributed by atoms with Crippen molar-refractivity contribution in [2.75, 3.05) is 13.2 Å². The van der Waals surface area contributed by atoms with Crippen LogP contribution in [-0.4, -0.2) is 24.1 Å². The highest BCUT2D eigenvalue weighted by Gasteiger charge is 2.15. The number of hydrogen-bond donors (Lipinski definition) is 2. The van der Waals surface area contributed by atoms with Crippen molar-refractivity contribution < 1.29 is 9.53 Å². The van der Waals surface area contributed by atoms with Crippen molar-refractivity contribution in [2.45, 2.75) is 39.2 Å². The second kappa shape index (κ2) is 6.31. The van der Waals surface area contributed by atoms with Crippen LogP contribution in [0.3, 0.4) is 0 Å². The maximum atomic E-state index is 11.6. The number of H-pyrrole nitrogens is 1. The Balaban J connectivity index is 1.73. The SMILES string of the molecule is CCOCC(=O)NCc1ccc2[nH]c3c(c2c1)CCCC3. The standard InChI is InChI=1S/C17H22N2O2/c1-2-21-11-17(20)18-10-12-7-8-16-14(9-12)13-5-3-4-6-15(13)19-16/h7-9,19H,2-6,10-11H2,1H3,(H,18,20). The van der Waals surface area contributed by atoms with E-state index >= 15 is 0 Å². The van der Waals surface area contributed by atoms with Gasteiger partial charge in [0.25, 0.3) is 0 Å². The molecule has 4 nitrogen and oxygen atoms in total. The highest BCUT2D eigenvalue weighted by molar-refractivity contribution is 5.85. The molecule has 21 heavy (non-hydrogen) atoms. The van der Waals surface area contributed by atoms with Gasteiger partial charge < -0.3 is 15.0 Å². The Hall–Kier alpha value is -1.81. The zero-order chi connectivity index (χ0) is 14.7. The van der Waals surface area contributed by atoms with Gasteiger partial charge in [0.1, 0.15) is 6.61 Å². The van der Waals surface area contributed by atoms with Gasteiger partial charge in [-0.2, -0.15) is 0 Å². The van der Waals surface area contributed by atoms with Crippen LogP contribution in [0.5, 0.6) is 0 Å². The summed E-state index contributed by atoms with van der Waals surface area (Å²) in [6.07, 6.45) is 4.87. The van der Waals surface area contributed by atoms with Crippen LogP contribution in [0, 0.1) is 0 Å². The van der Waals surface area contributed by atoms with Crippen LogP contribution < -0.4 is 5.32 Å². The van der Waals surface area contributed by atoms with Gasteiger partial charge in [-0.25, -0.2) is 0 Å². The molecule has 2 N–H and O–H groups in total. The molecule has 0 spiro atoms. The molecule has 0 fully saturated rings. The molecule has 1 aromatic carbocycles. The van der Waals surface area contributed by atoms with Gasteiger partial charge in [-0.05, 0) is 55.9 Å². The number of rotatable bonds is 5. The lowest BCUT2D eigenvalue weighted by molar-refractivity contribution is -0.125. The number of ether oxygens (including phenoxy) is 1. The van der Waals surface area contributed by atoms with E-state index in [2.05, 4.69) is 28.5 Å². The van der Waals surface area contributed by atoms with E-state index in [-0.39, 0.29) is 12.5 Å². The number of aromatic amines is 1. The van der Waals surface area contributed by atoms with E-state index in [0.717, 1.165) is 18.4 Å². The molecule has 1 heterocycles. The Morgan fingerprint density at radius 1 is 1.33 bits per heavy atom. The molecule has 3 rings (SSSR count). The van der Waals surface area contributed by atoms with E-state index in [9.17, 15) is 4.79 Å². The lowest BCUT2D eigenvalue weighted by atomic mass is 9.95. The molecule has 1 aromatic heterocycles. The molecule has 112 valence electrons. The fourth-order valence-electron chi connectivity index (χ4n) is 3.01. The van der Waals surface area contributed by atoms with Crippen LogP contribution in [0.2, 0.25) is 0 Å². The van der Waals surface area contributed by atoms with Gasteiger partial charge in [-0.15, -0.1) is 0 Å². The number of amides is 1. The third kappa shape index (κ3) is 3.10. The number of nitrogens with one attached hydrogen (secondary N) is 2. The average Bonchev–Trinajstić information content (AvgIpc) is 2.89. The summed E-state index contributed by atoms with van der Waals surface area (Å²) in [5.41, 5.74) is 5.22. The Bertz CT molecular complexity index is 646. The van der Waals surface area contributed by atoms with Crippen molar-refractivity contribution in [1.29, 1.82) is 0 Å². The zero-order valence-electron chi connectivity index (χ0n) is 12.5. The van der Waals surface area contributed by atoms with Crippen molar-refractivity contribution in [3.05, 3.63) is 35.0 Å². The summed E-state index contributed by atoms with van der Waals surface area (Å²) < 4.78 is 5.10. The fraction of sp³-hybridized carbons (Fsp3) is 0.471. The molecule has 1 aliphatic carbocycles. The van der Waals surface area contributed by atoms with Crippen molar-refractivity contribution in [1.82, 2.24) is 10.3 Å². The Kier molecular flexibility index (Phi) is 4.25. The molecule has 0 unspecified atom stereocenters. The number of fused-ring (bicyclic) bond motifs is 3. The number of hydrogen-bond acceptors (Lipinski definition) is 2. The van der Waals surface area contributed by atoms with Gasteiger partial charge in [0.15, 0.2) is 0 Å². The number of carbonyl (C=O) groups excluding carboxylic acids is 1. The van der Waals surface area contributed by atoms with Crippen molar-refractivity contribution in [2.24, 2.45) is 0 Å². The molecule has 0 radical (unpaired) electrons. The smallest absolute Gasteiger partial charge is 0.246 e. The number of aromatic nitrogens is 1. The first-order valence-corrected chi connectivity index (χ1v) is 7.74. The van der Waals surface area contributed by atoms with E-state index in [0.29, 0.717) is 13.2 Å². The van der Waals surface area contributed by atoms with Gasteiger partial charge in [-0.1, -0.05) is 6.07 Å². The van der Waals surface area contributed by atoms with Crippen molar-refractivity contribution in [3.63, 3.8) is 0 Å². The second-order valence-corrected chi connectivity index (χ2v) is 5.58. The summed E-state index contributed by atoms with van der Waals surface area (Å²) in [7, 11) is 0. The van der Waals surface area contributed by atoms with Gasteiger partial charge >= 0.3 is 0 Å². The quantitative estimate of drug-likeness (QED) is 0.888. The van der Waals surface area contributed by atoms with Gasteiger partial charge in [0, 0.05) is 29.7 Å². The van der Waals surface area contributed by atoms with E-state index in [1.165, 1.54) is 35.0 Å². The first-order chi connectivity index (χ1) is 10.3. The summed E-state index contributed by atoms with van der Waals surface area (Å²) in [6.45, 7) is 3.14. The number of benzene rings is 1. The van der Waals surface area contributed by atoms with Crippen molar-refractivity contribution in [3.8, 4) is 0 Å². The lowest BCUT2D eigenvalue weighted by Crippen LogP contribution is -2.27. The van der Waals surface area contributed by atoms with E-state index < -0.39 is 0 Å². The Morgan fingerprint density at radius 2 is 2.19 bits per heavy atom. The van der Waals surface area contributed by atoms with Crippen LogP contribution in [-0.2, 0) is 28.9 Å². The molecule has 0 saturated carbocycles. The van der Waals surface area contributed by atoms with E-state index in [1.807, 2.05) is 6.92 Å². The van der Waals surface area contributed by atoms with E-state index in [4.69, 9.17) is 4.74 Å². The summed E-state index contributed by atoms with van der Waals surface area (Å²) >= 11 is 0. The van der Waals surface area contributed by atoms with Crippen molar-refractivity contribution >= 4 is 16.8 Å². The lowest BCUT2D eigenvalue weighted by Gasteiger charge is -2.10. The fourth-order valence-corrected chi connectivity index (χ4v) is 3.01. The number of aryl methyl sites for hydroxylation is 2. The molecule has 4 heteroatoms. The predicted molar refractivity (Wildman–Crippen MR) is 83.3 cm³/mol. The van der Waals surface area contributed by atoms with Crippen LogP contribution in [0.4, 0.5) is 0 Å². The minimum Gasteiger partial charge on any atom is -0.372 e. The summed E-state index contributed by atoms with van der Waals surface area (Å²) in [5.74, 6) is -0.0620. The van der Waals surface area contributed by atoms with Crippen LogP contribution in [0.1, 0.15) is 36.6 Å². The predicted octanol–water partition coefficient (Wildman–Crippen LogP) is 2.70. The van der Waals surface area contributed by atoms with Gasteiger partial charge in [0.05, 0.1) is 0 Å². The molecular formula is C17H22N2O2. The summed E-state index contributed by atoms with van der Waals surface area (Å²) in [6, 6.07) is 6.40. The highest BCUT2D eigenvalue weighted by Crippen LogP contribution is 2.29. The zero-order valence-corrected chi connectivity index (χ0v) is 12.5. The molecule has 0 aliphatic heterocycles. The Labute approximate surface area is 124 Å². The average molecular weight is 286 g/mol. The minimum absolute atomic E-state index is 0.0620. The molecule has 1 aliphatic rings. The third-order valence-corrected chi connectivity index (χ3v) is 4.09. The third-order valence-electron chi connectivity index (χ3n) is 4.09.